The Bertz CT molecular complexity index is 854. The molecule has 154 valence electrons. The fourth-order valence-corrected chi connectivity index (χ4v) is 3.95. The van der Waals surface area contributed by atoms with Gasteiger partial charge in [-0.25, -0.2) is 4.79 Å². The van der Waals surface area contributed by atoms with Crippen molar-refractivity contribution in [3.05, 3.63) is 69.7 Å². The molecule has 7 heteroatoms. The average molecular weight is 436 g/mol. The van der Waals surface area contributed by atoms with E-state index in [1.54, 1.807) is 24.3 Å². The molecule has 1 aliphatic heterocycles. The summed E-state index contributed by atoms with van der Waals surface area (Å²) in [7, 11) is 0. The van der Waals surface area contributed by atoms with Gasteiger partial charge in [-0.2, -0.15) is 0 Å². The molecule has 0 spiro atoms. The number of benzene rings is 2. The van der Waals surface area contributed by atoms with Crippen LogP contribution in [-0.2, 0) is 14.3 Å². The van der Waals surface area contributed by atoms with Gasteiger partial charge in [-0.1, -0.05) is 67.2 Å². The van der Waals surface area contributed by atoms with E-state index in [0.29, 0.717) is 22.9 Å². The third-order valence-electron chi connectivity index (χ3n) is 5.12. The number of unbranched alkanes of at least 4 members (excludes halogenated alkanes) is 1. The van der Waals surface area contributed by atoms with Gasteiger partial charge in [0.05, 0.1) is 6.04 Å². The first-order valence-electron chi connectivity index (χ1n) is 9.59. The summed E-state index contributed by atoms with van der Waals surface area (Å²) in [5.74, 6) is -1.35. The Morgan fingerprint density at radius 1 is 1.10 bits per heavy atom. The van der Waals surface area contributed by atoms with Crippen LogP contribution in [0, 0.1) is 0 Å². The zero-order chi connectivity index (χ0) is 21.0. The number of rotatable bonds is 7. The summed E-state index contributed by atoms with van der Waals surface area (Å²) in [5.41, 5.74) is 1.59. The Balaban J connectivity index is 2.09. The van der Waals surface area contributed by atoms with Crippen LogP contribution < -0.4 is 0 Å². The molecule has 0 unspecified atom stereocenters. The fraction of sp³-hybridized carbons (Fsp3) is 0.364. The highest BCUT2D eigenvalue weighted by molar-refractivity contribution is 6.30. The minimum absolute atomic E-state index is 0.173. The third kappa shape index (κ3) is 4.92. The number of nitrogens with zero attached hydrogens (tertiary/aromatic N) is 1. The molecule has 1 amide bonds. The van der Waals surface area contributed by atoms with Crippen molar-refractivity contribution in [2.24, 2.45) is 0 Å². The first kappa shape index (κ1) is 21.6. The molecule has 0 radical (unpaired) electrons. The van der Waals surface area contributed by atoms with E-state index in [4.69, 9.17) is 27.9 Å². The van der Waals surface area contributed by atoms with Crippen molar-refractivity contribution in [1.82, 2.24) is 4.90 Å². The number of hydrogen-bond acceptors (Lipinski definition) is 3. The normalized spacial score (nSPS) is 20.5. The summed E-state index contributed by atoms with van der Waals surface area (Å²) >= 11 is 12.1. The summed E-state index contributed by atoms with van der Waals surface area (Å²) < 4.78 is 5.92. The van der Waals surface area contributed by atoms with Gasteiger partial charge in [0.25, 0.3) is 0 Å². The van der Waals surface area contributed by atoms with Crippen LogP contribution in [0.15, 0.2) is 48.5 Å². The molecule has 0 bridgehead atoms. The van der Waals surface area contributed by atoms with Crippen LogP contribution in [0.2, 0.25) is 10.0 Å². The fourth-order valence-electron chi connectivity index (χ4n) is 3.70. The van der Waals surface area contributed by atoms with Crippen LogP contribution in [0.5, 0.6) is 0 Å². The molecule has 3 atom stereocenters. The molecular formula is C22H23Cl2NO4. The number of hydrogen-bond donors (Lipinski definition) is 1. The van der Waals surface area contributed by atoms with E-state index >= 15 is 0 Å². The van der Waals surface area contributed by atoms with Crippen molar-refractivity contribution in [2.45, 2.75) is 44.4 Å². The van der Waals surface area contributed by atoms with Crippen molar-refractivity contribution < 1.29 is 19.4 Å². The zero-order valence-corrected chi connectivity index (χ0v) is 17.6. The highest BCUT2D eigenvalue weighted by atomic mass is 35.5. The molecule has 0 saturated carbocycles. The lowest BCUT2D eigenvalue weighted by atomic mass is 9.90. The number of aliphatic carboxylic acids is 1. The average Bonchev–Trinajstić information content (AvgIpc) is 2.70. The smallest absolute Gasteiger partial charge is 0.326 e. The van der Waals surface area contributed by atoms with E-state index in [1.165, 1.54) is 4.90 Å². The van der Waals surface area contributed by atoms with Crippen LogP contribution in [-0.4, -0.2) is 34.5 Å². The molecule has 29 heavy (non-hydrogen) atoms. The summed E-state index contributed by atoms with van der Waals surface area (Å²) in [6.45, 7) is 1.82. The number of carboxylic acids is 1. The molecule has 2 aromatic rings. The lowest BCUT2D eigenvalue weighted by molar-refractivity contribution is -0.171. The molecule has 1 N–H and O–H groups in total. The van der Waals surface area contributed by atoms with Gasteiger partial charge in [0, 0.05) is 10.0 Å². The molecule has 5 nitrogen and oxygen atoms in total. The Hall–Kier alpha value is -2.08. The van der Waals surface area contributed by atoms with Crippen molar-refractivity contribution in [1.29, 1.82) is 0 Å². The second kappa shape index (κ2) is 9.61. The summed E-state index contributed by atoms with van der Waals surface area (Å²) in [6.07, 6.45) is 1.42. The Labute approximate surface area is 180 Å². The summed E-state index contributed by atoms with van der Waals surface area (Å²) in [5, 5.41) is 11.1. The van der Waals surface area contributed by atoms with Crippen molar-refractivity contribution in [3.63, 3.8) is 0 Å². The molecule has 0 aromatic heterocycles. The molecule has 1 heterocycles. The van der Waals surface area contributed by atoms with E-state index in [-0.39, 0.29) is 12.5 Å². The zero-order valence-electron chi connectivity index (χ0n) is 16.1. The SMILES string of the molecule is CCCC[C@@H](C(=O)O)N1C(=O)CO[C@@H](c2ccc(Cl)cc2)[C@H]1c1ccc(Cl)cc1. The second-order valence-corrected chi connectivity index (χ2v) is 7.95. The Kier molecular flexibility index (Phi) is 7.17. The van der Waals surface area contributed by atoms with E-state index in [9.17, 15) is 14.7 Å². The molecule has 1 saturated heterocycles. The second-order valence-electron chi connectivity index (χ2n) is 7.08. The van der Waals surface area contributed by atoms with Gasteiger partial charge in [-0.15, -0.1) is 0 Å². The lowest BCUT2D eigenvalue weighted by Gasteiger charge is -2.44. The van der Waals surface area contributed by atoms with Crippen LogP contribution in [0.4, 0.5) is 0 Å². The molecule has 1 aliphatic rings. The van der Waals surface area contributed by atoms with E-state index < -0.39 is 24.2 Å². The quantitative estimate of drug-likeness (QED) is 0.642. The van der Waals surface area contributed by atoms with E-state index in [0.717, 1.165) is 17.5 Å². The maximum absolute atomic E-state index is 12.9. The Morgan fingerprint density at radius 3 is 2.17 bits per heavy atom. The Morgan fingerprint density at radius 2 is 1.66 bits per heavy atom. The first-order valence-corrected chi connectivity index (χ1v) is 10.3. The minimum Gasteiger partial charge on any atom is -0.480 e. The standard InChI is InChI=1S/C22H23Cl2NO4/c1-2-3-4-18(22(27)28)25-19(26)13-29-21(15-7-11-17(24)12-8-15)20(25)14-5-9-16(23)10-6-14/h5-12,18,20-21H,2-4,13H2,1H3,(H,27,28)/t18-,20+,21-/m0/s1. The highest BCUT2D eigenvalue weighted by Crippen LogP contribution is 2.42. The molecule has 0 aliphatic carbocycles. The van der Waals surface area contributed by atoms with Gasteiger partial charge < -0.3 is 14.7 Å². The summed E-state index contributed by atoms with van der Waals surface area (Å²) in [6, 6.07) is 12.8. The predicted molar refractivity (Wildman–Crippen MR) is 112 cm³/mol. The number of morpholine rings is 1. The minimum atomic E-state index is -1.01. The predicted octanol–water partition coefficient (Wildman–Crippen LogP) is 5.28. The summed E-state index contributed by atoms with van der Waals surface area (Å²) in [4.78, 5) is 26.4. The highest BCUT2D eigenvalue weighted by Gasteiger charge is 2.44. The molecule has 2 aromatic carbocycles. The largest absolute Gasteiger partial charge is 0.480 e. The van der Waals surface area contributed by atoms with E-state index in [1.807, 2.05) is 31.2 Å². The van der Waals surface area contributed by atoms with Gasteiger partial charge in [-0.3, -0.25) is 4.79 Å². The molecule has 3 rings (SSSR count). The third-order valence-corrected chi connectivity index (χ3v) is 5.63. The maximum Gasteiger partial charge on any atom is 0.326 e. The lowest BCUT2D eigenvalue weighted by Crippen LogP contribution is -2.53. The van der Waals surface area contributed by atoms with Gasteiger partial charge in [-0.05, 0) is 41.8 Å². The first-order chi connectivity index (χ1) is 13.9. The van der Waals surface area contributed by atoms with Crippen molar-refractivity contribution in [3.8, 4) is 0 Å². The molecular weight excluding hydrogens is 413 g/mol. The molecule has 1 fully saturated rings. The monoisotopic (exact) mass is 435 g/mol. The number of halogens is 2. The van der Waals surface area contributed by atoms with Crippen molar-refractivity contribution in [2.75, 3.05) is 6.61 Å². The number of ether oxygens (including phenoxy) is 1. The van der Waals surface area contributed by atoms with E-state index in [2.05, 4.69) is 0 Å². The van der Waals surface area contributed by atoms with Crippen molar-refractivity contribution >= 4 is 35.1 Å². The van der Waals surface area contributed by atoms with Crippen LogP contribution in [0.1, 0.15) is 49.5 Å². The number of amides is 1. The van der Waals surface area contributed by atoms with Crippen LogP contribution in [0.3, 0.4) is 0 Å². The maximum atomic E-state index is 12.9. The number of carboxylic acid groups (broad SMARTS) is 1. The van der Waals surface area contributed by atoms with Gasteiger partial charge in [0.1, 0.15) is 18.8 Å². The van der Waals surface area contributed by atoms with Crippen LogP contribution in [0.25, 0.3) is 0 Å². The number of carbonyl (C=O) groups is 2. The van der Waals surface area contributed by atoms with Crippen LogP contribution >= 0.6 is 23.2 Å². The van der Waals surface area contributed by atoms with Gasteiger partial charge >= 0.3 is 5.97 Å². The number of carbonyl (C=O) groups excluding carboxylic acids is 1. The van der Waals surface area contributed by atoms with Gasteiger partial charge in [0.15, 0.2) is 0 Å². The van der Waals surface area contributed by atoms with Gasteiger partial charge in [0.2, 0.25) is 5.91 Å². The topological polar surface area (TPSA) is 66.8 Å².